The summed E-state index contributed by atoms with van der Waals surface area (Å²) in [4.78, 5) is 14.1. The Morgan fingerprint density at radius 3 is 2.73 bits per heavy atom. The summed E-state index contributed by atoms with van der Waals surface area (Å²) in [7, 11) is 0. The van der Waals surface area contributed by atoms with E-state index in [0.29, 0.717) is 25.3 Å². The molecule has 1 aliphatic carbocycles. The number of anilines is 1. The largest absolute Gasteiger partial charge is 0.433 e. The van der Waals surface area contributed by atoms with E-state index in [9.17, 15) is 13.2 Å². The number of hydrogen-bond donors (Lipinski definition) is 0. The molecule has 2 aliphatic rings. The fourth-order valence-corrected chi connectivity index (χ4v) is 4.31. The Labute approximate surface area is 171 Å². The lowest BCUT2D eigenvalue weighted by molar-refractivity contribution is -0.141. The van der Waals surface area contributed by atoms with Crippen LogP contribution in [0.15, 0.2) is 54.9 Å². The summed E-state index contributed by atoms with van der Waals surface area (Å²) in [5.74, 6) is 0.267. The van der Waals surface area contributed by atoms with Crippen molar-refractivity contribution in [2.24, 2.45) is 0 Å². The Bertz CT molecular complexity index is 1070. The second-order valence-corrected chi connectivity index (χ2v) is 7.60. The minimum absolute atomic E-state index is 0.0142. The highest BCUT2D eigenvalue weighted by atomic mass is 19.4. The van der Waals surface area contributed by atoms with Crippen LogP contribution in [0.5, 0.6) is 0 Å². The summed E-state index contributed by atoms with van der Waals surface area (Å²) in [6.07, 6.45) is 0.144. The number of aromatic nitrogens is 3. The van der Waals surface area contributed by atoms with E-state index >= 15 is 0 Å². The first-order valence-corrected chi connectivity index (χ1v) is 9.79. The number of benzene rings is 1. The Hall–Kier alpha value is -3.00. The topological polar surface area (TPSA) is 51.1 Å². The Morgan fingerprint density at radius 2 is 1.93 bits per heavy atom. The lowest BCUT2D eigenvalue weighted by Gasteiger charge is -2.41. The quantitative estimate of drug-likeness (QED) is 0.630. The van der Waals surface area contributed by atoms with Gasteiger partial charge < -0.3 is 9.64 Å². The van der Waals surface area contributed by atoms with Gasteiger partial charge in [-0.15, -0.1) is 0 Å². The molecule has 3 aromatic rings. The Kier molecular flexibility index (Phi) is 4.47. The molecular weight excluding hydrogens is 393 g/mol. The molecule has 0 N–H and O–H groups in total. The standard InChI is InChI=1S/C22H19F3N4O/c23-22(24,25)18-12-19(28-20(27-18)16-5-3-9-26-13-16)29-10-11-30-21(14-29)8-7-15-4-1-2-6-17(15)21/h1-6,9,12-13H,7-8,10-11,14H2. The van der Waals surface area contributed by atoms with Crippen molar-refractivity contribution in [1.82, 2.24) is 15.0 Å². The molecule has 1 atom stereocenters. The highest BCUT2D eigenvalue weighted by Gasteiger charge is 2.44. The van der Waals surface area contributed by atoms with Gasteiger partial charge in [0.2, 0.25) is 0 Å². The summed E-state index contributed by atoms with van der Waals surface area (Å²) >= 11 is 0. The zero-order chi connectivity index (χ0) is 20.8. The van der Waals surface area contributed by atoms with Gasteiger partial charge >= 0.3 is 6.18 Å². The van der Waals surface area contributed by atoms with E-state index in [1.807, 2.05) is 23.1 Å². The molecular formula is C22H19F3N4O. The number of ether oxygens (including phenoxy) is 1. The predicted octanol–water partition coefficient (Wildman–Crippen LogP) is 4.24. The average Bonchev–Trinajstić information content (AvgIpc) is 3.11. The lowest BCUT2D eigenvalue weighted by atomic mass is 9.93. The summed E-state index contributed by atoms with van der Waals surface area (Å²) in [6.45, 7) is 1.33. The van der Waals surface area contributed by atoms with E-state index < -0.39 is 17.5 Å². The Balaban J connectivity index is 1.55. The first-order chi connectivity index (χ1) is 14.4. The van der Waals surface area contributed by atoms with E-state index in [4.69, 9.17) is 4.74 Å². The number of pyridine rings is 1. The molecule has 3 heterocycles. The van der Waals surface area contributed by atoms with Crippen molar-refractivity contribution < 1.29 is 17.9 Å². The number of nitrogens with zero attached hydrogens (tertiary/aromatic N) is 4. The van der Waals surface area contributed by atoms with Crippen LogP contribution in [-0.2, 0) is 22.9 Å². The molecule has 0 bridgehead atoms. The maximum Gasteiger partial charge on any atom is 0.433 e. The van der Waals surface area contributed by atoms with E-state index in [0.717, 1.165) is 24.5 Å². The summed E-state index contributed by atoms with van der Waals surface area (Å²) in [6, 6.07) is 12.4. The molecule has 154 valence electrons. The first kappa shape index (κ1) is 19.0. The average molecular weight is 412 g/mol. The second kappa shape index (κ2) is 7.05. The molecule has 1 aliphatic heterocycles. The van der Waals surface area contributed by atoms with E-state index in [1.54, 1.807) is 18.3 Å². The van der Waals surface area contributed by atoms with Crippen molar-refractivity contribution in [3.05, 3.63) is 71.7 Å². The maximum atomic E-state index is 13.6. The highest BCUT2D eigenvalue weighted by molar-refractivity contribution is 5.57. The maximum absolute atomic E-state index is 13.6. The smallest absolute Gasteiger partial charge is 0.367 e. The monoisotopic (exact) mass is 412 g/mol. The Morgan fingerprint density at radius 1 is 1.07 bits per heavy atom. The zero-order valence-corrected chi connectivity index (χ0v) is 16.1. The number of hydrogen-bond acceptors (Lipinski definition) is 5. The van der Waals surface area contributed by atoms with E-state index in [2.05, 4.69) is 21.0 Å². The third-order valence-electron chi connectivity index (χ3n) is 5.74. The van der Waals surface area contributed by atoms with Crippen molar-refractivity contribution in [3.63, 3.8) is 0 Å². The third kappa shape index (κ3) is 3.31. The van der Waals surface area contributed by atoms with E-state index in [-0.39, 0.29) is 11.6 Å². The fourth-order valence-electron chi connectivity index (χ4n) is 4.31. The lowest BCUT2D eigenvalue weighted by Crippen LogP contribution is -2.49. The minimum Gasteiger partial charge on any atom is -0.367 e. The van der Waals surface area contributed by atoms with Gasteiger partial charge in [-0.05, 0) is 36.1 Å². The van der Waals surface area contributed by atoms with Gasteiger partial charge in [0.05, 0.1) is 13.2 Å². The van der Waals surface area contributed by atoms with Gasteiger partial charge in [0, 0.05) is 30.6 Å². The SMILES string of the molecule is FC(F)(F)c1cc(N2CCOC3(CCc4ccccc43)C2)nc(-c2cccnc2)n1. The molecule has 8 heteroatoms. The van der Waals surface area contributed by atoms with Crippen molar-refractivity contribution in [1.29, 1.82) is 0 Å². The van der Waals surface area contributed by atoms with Crippen molar-refractivity contribution in [2.75, 3.05) is 24.6 Å². The van der Waals surface area contributed by atoms with Gasteiger partial charge in [-0.1, -0.05) is 24.3 Å². The molecule has 1 aromatic carbocycles. The third-order valence-corrected chi connectivity index (χ3v) is 5.74. The number of alkyl halides is 3. The van der Waals surface area contributed by atoms with Crippen LogP contribution in [0.1, 0.15) is 23.2 Å². The fraction of sp³-hybridized carbons (Fsp3) is 0.318. The van der Waals surface area contributed by atoms with Crippen LogP contribution in [-0.4, -0.2) is 34.6 Å². The van der Waals surface area contributed by atoms with Crippen LogP contribution >= 0.6 is 0 Å². The molecule has 0 amide bonds. The van der Waals surface area contributed by atoms with Crippen LogP contribution in [0.3, 0.4) is 0 Å². The van der Waals surface area contributed by atoms with Gasteiger partial charge in [-0.2, -0.15) is 13.2 Å². The van der Waals surface area contributed by atoms with Gasteiger partial charge in [0.25, 0.3) is 0 Å². The second-order valence-electron chi connectivity index (χ2n) is 7.60. The van der Waals surface area contributed by atoms with Crippen molar-refractivity contribution in [2.45, 2.75) is 24.6 Å². The molecule has 5 rings (SSSR count). The summed E-state index contributed by atoms with van der Waals surface area (Å²) in [5.41, 5.74) is 1.31. The first-order valence-electron chi connectivity index (χ1n) is 9.79. The van der Waals surface area contributed by atoms with Crippen LogP contribution in [0.25, 0.3) is 11.4 Å². The normalized spacial score (nSPS) is 21.1. The van der Waals surface area contributed by atoms with Crippen LogP contribution in [0.2, 0.25) is 0 Å². The molecule has 1 fully saturated rings. The number of morpholine rings is 1. The predicted molar refractivity (Wildman–Crippen MR) is 105 cm³/mol. The van der Waals surface area contributed by atoms with Crippen molar-refractivity contribution >= 4 is 5.82 Å². The minimum atomic E-state index is -4.57. The van der Waals surface area contributed by atoms with E-state index in [1.165, 1.54) is 11.8 Å². The summed E-state index contributed by atoms with van der Waals surface area (Å²) < 4.78 is 46.9. The zero-order valence-electron chi connectivity index (χ0n) is 16.1. The van der Waals surface area contributed by atoms with Gasteiger partial charge in [-0.3, -0.25) is 4.98 Å². The van der Waals surface area contributed by atoms with Gasteiger partial charge in [0.1, 0.15) is 11.4 Å². The van der Waals surface area contributed by atoms with Crippen LogP contribution < -0.4 is 4.90 Å². The molecule has 0 radical (unpaired) electrons. The van der Waals surface area contributed by atoms with Crippen LogP contribution in [0, 0.1) is 0 Å². The number of fused-ring (bicyclic) bond motifs is 2. The molecule has 2 aromatic heterocycles. The molecule has 5 nitrogen and oxygen atoms in total. The molecule has 1 saturated heterocycles. The number of halogens is 3. The number of aryl methyl sites for hydroxylation is 1. The molecule has 30 heavy (non-hydrogen) atoms. The summed E-state index contributed by atoms with van der Waals surface area (Å²) in [5, 5.41) is 0. The molecule has 1 unspecified atom stereocenters. The van der Waals surface area contributed by atoms with Gasteiger partial charge in [-0.25, -0.2) is 9.97 Å². The van der Waals surface area contributed by atoms with Gasteiger partial charge in [0.15, 0.2) is 11.5 Å². The molecule has 0 saturated carbocycles. The number of rotatable bonds is 2. The van der Waals surface area contributed by atoms with Crippen LogP contribution in [0.4, 0.5) is 19.0 Å². The molecule has 1 spiro atoms. The van der Waals surface area contributed by atoms with Crippen molar-refractivity contribution in [3.8, 4) is 11.4 Å². The highest BCUT2D eigenvalue weighted by Crippen LogP contribution is 2.43.